The Morgan fingerprint density at radius 1 is 1.60 bits per heavy atom. The SMILES string of the molecule is O=C1CC2OCC=CCN12. The maximum Gasteiger partial charge on any atom is 0.229 e. The largest absolute Gasteiger partial charge is 0.354 e. The second-order valence-electron chi connectivity index (χ2n) is 2.51. The quantitative estimate of drug-likeness (QED) is 0.352. The molecule has 0 aliphatic carbocycles. The highest BCUT2D eigenvalue weighted by Gasteiger charge is 2.36. The Balaban J connectivity index is 2.06. The highest BCUT2D eigenvalue weighted by molar-refractivity contribution is 5.82. The lowest BCUT2D eigenvalue weighted by Gasteiger charge is -2.37. The third-order valence-corrected chi connectivity index (χ3v) is 1.87. The van der Waals surface area contributed by atoms with Gasteiger partial charge in [-0.15, -0.1) is 0 Å². The van der Waals surface area contributed by atoms with E-state index >= 15 is 0 Å². The summed E-state index contributed by atoms with van der Waals surface area (Å²) in [6.45, 7) is 1.37. The van der Waals surface area contributed by atoms with Crippen LogP contribution in [0.2, 0.25) is 0 Å². The lowest BCUT2D eigenvalue weighted by atomic mass is 10.2. The summed E-state index contributed by atoms with van der Waals surface area (Å²) in [5, 5.41) is 0. The highest BCUT2D eigenvalue weighted by Crippen LogP contribution is 2.21. The first kappa shape index (κ1) is 5.92. The Morgan fingerprint density at radius 3 is 3.30 bits per heavy atom. The molecule has 1 atom stereocenters. The number of amides is 1. The molecule has 0 saturated carbocycles. The minimum atomic E-state index is 0.0718. The van der Waals surface area contributed by atoms with Crippen LogP contribution in [-0.4, -0.2) is 30.2 Å². The maximum atomic E-state index is 10.8. The molecule has 2 aliphatic heterocycles. The van der Waals surface area contributed by atoms with Crippen molar-refractivity contribution in [2.45, 2.75) is 12.6 Å². The Hall–Kier alpha value is -0.830. The van der Waals surface area contributed by atoms with Crippen LogP contribution in [0.4, 0.5) is 0 Å². The predicted octanol–water partition coefficient (Wildman–Crippen LogP) is 0.131. The Labute approximate surface area is 59.3 Å². The molecule has 10 heavy (non-hydrogen) atoms. The van der Waals surface area contributed by atoms with Crippen LogP contribution in [-0.2, 0) is 9.53 Å². The van der Waals surface area contributed by atoms with Gasteiger partial charge in [0.05, 0.1) is 13.0 Å². The van der Waals surface area contributed by atoms with E-state index in [2.05, 4.69) is 0 Å². The summed E-state index contributed by atoms with van der Waals surface area (Å²) < 4.78 is 5.29. The number of fused-ring (bicyclic) bond motifs is 1. The van der Waals surface area contributed by atoms with Crippen molar-refractivity contribution in [3.05, 3.63) is 12.2 Å². The molecule has 1 unspecified atom stereocenters. The third kappa shape index (κ3) is 0.743. The molecule has 2 rings (SSSR count). The van der Waals surface area contributed by atoms with Gasteiger partial charge in [-0.2, -0.15) is 0 Å². The van der Waals surface area contributed by atoms with E-state index in [1.807, 2.05) is 12.2 Å². The van der Waals surface area contributed by atoms with Gasteiger partial charge in [0.2, 0.25) is 5.91 Å². The van der Waals surface area contributed by atoms with Crippen LogP contribution in [0, 0.1) is 0 Å². The first-order valence-corrected chi connectivity index (χ1v) is 3.44. The first-order chi connectivity index (χ1) is 4.88. The van der Waals surface area contributed by atoms with Crippen LogP contribution in [0.15, 0.2) is 12.2 Å². The zero-order valence-corrected chi connectivity index (χ0v) is 5.62. The molecule has 0 aromatic carbocycles. The summed E-state index contributed by atoms with van der Waals surface area (Å²) in [7, 11) is 0. The second-order valence-corrected chi connectivity index (χ2v) is 2.51. The number of ether oxygens (including phenoxy) is 1. The highest BCUT2D eigenvalue weighted by atomic mass is 16.5. The summed E-state index contributed by atoms with van der Waals surface area (Å²) in [6, 6.07) is 0. The predicted molar refractivity (Wildman–Crippen MR) is 35.2 cm³/mol. The molecule has 0 aromatic rings. The smallest absolute Gasteiger partial charge is 0.229 e. The molecule has 0 N–H and O–H groups in total. The topological polar surface area (TPSA) is 29.5 Å². The van der Waals surface area contributed by atoms with Crippen molar-refractivity contribution >= 4 is 5.91 Å². The van der Waals surface area contributed by atoms with Crippen molar-refractivity contribution in [3.63, 3.8) is 0 Å². The van der Waals surface area contributed by atoms with Gasteiger partial charge in [-0.3, -0.25) is 4.79 Å². The fraction of sp³-hybridized carbons (Fsp3) is 0.571. The van der Waals surface area contributed by atoms with Crippen LogP contribution in [0.5, 0.6) is 0 Å². The number of hydrogen-bond acceptors (Lipinski definition) is 2. The van der Waals surface area contributed by atoms with Crippen molar-refractivity contribution in [2.24, 2.45) is 0 Å². The molecule has 2 aliphatic rings. The average molecular weight is 139 g/mol. The van der Waals surface area contributed by atoms with Crippen molar-refractivity contribution in [1.29, 1.82) is 0 Å². The van der Waals surface area contributed by atoms with Crippen molar-refractivity contribution in [2.75, 3.05) is 13.2 Å². The van der Waals surface area contributed by atoms with E-state index < -0.39 is 0 Å². The van der Waals surface area contributed by atoms with E-state index in [9.17, 15) is 4.79 Å². The Kier molecular flexibility index (Phi) is 1.24. The van der Waals surface area contributed by atoms with Crippen LogP contribution < -0.4 is 0 Å². The monoisotopic (exact) mass is 139 g/mol. The van der Waals surface area contributed by atoms with Gasteiger partial charge >= 0.3 is 0 Å². The molecule has 54 valence electrons. The molecule has 0 spiro atoms. The molecule has 3 nitrogen and oxygen atoms in total. The van der Waals surface area contributed by atoms with E-state index in [4.69, 9.17) is 4.74 Å². The summed E-state index contributed by atoms with van der Waals surface area (Å²) in [5.74, 6) is 0.205. The molecular formula is C7H9NO2. The lowest BCUT2D eigenvalue weighted by Crippen LogP contribution is -2.53. The summed E-state index contributed by atoms with van der Waals surface area (Å²) in [4.78, 5) is 12.6. The summed E-state index contributed by atoms with van der Waals surface area (Å²) in [5.41, 5.74) is 0. The van der Waals surface area contributed by atoms with Crippen LogP contribution in [0.1, 0.15) is 6.42 Å². The number of rotatable bonds is 0. The first-order valence-electron chi connectivity index (χ1n) is 3.44. The fourth-order valence-corrected chi connectivity index (χ4v) is 1.22. The van der Waals surface area contributed by atoms with E-state index in [0.717, 1.165) is 6.54 Å². The van der Waals surface area contributed by atoms with Crippen LogP contribution >= 0.6 is 0 Å². The fourth-order valence-electron chi connectivity index (χ4n) is 1.22. The lowest BCUT2D eigenvalue weighted by molar-refractivity contribution is -0.168. The van der Waals surface area contributed by atoms with Gasteiger partial charge in [-0.25, -0.2) is 0 Å². The van der Waals surface area contributed by atoms with Crippen LogP contribution in [0.3, 0.4) is 0 Å². The molecule has 1 saturated heterocycles. The second kappa shape index (κ2) is 2.09. The molecule has 2 heterocycles. The standard InChI is InChI=1S/C7H9NO2/c9-6-5-7-8(6)3-1-2-4-10-7/h1-2,7H,3-5H2. The van der Waals surface area contributed by atoms with E-state index in [1.54, 1.807) is 4.90 Å². The van der Waals surface area contributed by atoms with Gasteiger partial charge in [0.15, 0.2) is 0 Å². The van der Waals surface area contributed by atoms with Crippen molar-refractivity contribution < 1.29 is 9.53 Å². The summed E-state index contributed by atoms with van der Waals surface area (Å²) in [6.07, 6.45) is 4.56. The average Bonchev–Trinajstić information content (AvgIpc) is 2.09. The zero-order valence-electron chi connectivity index (χ0n) is 5.62. The Bertz CT molecular complexity index is 188. The molecule has 0 radical (unpaired) electrons. The molecule has 1 amide bonds. The minimum Gasteiger partial charge on any atom is -0.354 e. The Morgan fingerprint density at radius 2 is 2.50 bits per heavy atom. The summed E-state index contributed by atoms with van der Waals surface area (Å²) >= 11 is 0. The van der Waals surface area contributed by atoms with Gasteiger partial charge in [0.25, 0.3) is 0 Å². The molecule has 0 bridgehead atoms. The number of β-lactam (4-membered cyclic amide) rings is 1. The number of nitrogens with zero attached hydrogens (tertiary/aromatic N) is 1. The number of carbonyl (C=O) groups is 1. The van der Waals surface area contributed by atoms with Crippen molar-refractivity contribution in [1.82, 2.24) is 4.90 Å². The van der Waals surface area contributed by atoms with Crippen molar-refractivity contribution in [3.8, 4) is 0 Å². The third-order valence-electron chi connectivity index (χ3n) is 1.87. The minimum absolute atomic E-state index is 0.0718. The molecular weight excluding hydrogens is 130 g/mol. The van der Waals surface area contributed by atoms with Gasteiger partial charge in [-0.1, -0.05) is 12.2 Å². The van der Waals surface area contributed by atoms with Gasteiger partial charge < -0.3 is 9.64 Å². The van der Waals surface area contributed by atoms with Gasteiger partial charge in [0, 0.05) is 6.54 Å². The van der Waals surface area contributed by atoms with Crippen LogP contribution in [0.25, 0.3) is 0 Å². The number of carbonyl (C=O) groups excluding carboxylic acids is 1. The zero-order chi connectivity index (χ0) is 6.97. The molecule has 3 heteroatoms. The number of hydrogen-bond donors (Lipinski definition) is 0. The van der Waals surface area contributed by atoms with E-state index in [0.29, 0.717) is 13.0 Å². The van der Waals surface area contributed by atoms with Gasteiger partial charge in [-0.05, 0) is 0 Å². The van der Waals surface area contributed by atoms with E-state index in [1.165, 1.54) is 0 Å². The molecule has 0 aromatic heterocycles. The molecule has 1 fully saturated rings. The van der Waals surface area contributed by atoms with E-state index in [-0.39, 0.29) is 12.1 Å². The maximum absolute atomic E-state index is 10.8. The van der Waals surface area contributed by atoms with Gasteiger partial charge in [0.1, 0.15) is 6.23 Å². The normalized spacial score (nSPS) is 31.0.